The monoisotopic (exact) mass is 391 g/mol. The van der Waals surface area contributed by atoms with Crippen LogP contribution in [0.5, 0.6) is 11.5 Å². The maximum absolute atomic E-state index is 13.1. The van der Waals surface area contributed by atoms with Crippen LogP contribution in [0.3, 0.4) is 0 Å². The van der Waals surface area contributed by atoms with E-state index in [9.17, 15) is 14.0 Å². The summed E-state index contributed by atoms with van der Waals surface area (Å²) in [7, 11) is 0. The molecule has 0 unspecified atom stereocenters. The van der Waals surface area contributed by atoms with E-state index in [1.54, 1.807) is 12.1 Å². The minimum atomic E-state index is -1.06. The second kappa shape index (κ2) is 8.09. The number of carbonyl (C=O) groups excluding carboxylic acids is 2. The van der Waals surface area contributed by atoms with Crippen LogP contribution in [0.2, 0.25) is 5.02 Å². The molecule has 3 rings (SSSR count). The van der Waals surface area contributed by atoms with Crippen LogP contribution in [0.15, 0.2) is 42.5 Å². The number of amides is 1. The maximum atomic E-state index is 13.1. The molecule has 0 aliphatic carbocycles. The van der Waals surface area contributed by atoms with E-state index in [1.807, 2.05) is 0 Å². The van der Waals surface area contributed by atoms with Crippen LogP contribution in [0.1, 0.15) is 12.5 Å². The highest BCUT2D eigenvalue weighted by Crippen LogP contribution is 2.40. The Morgan fingerprint density at radius 1 is 1.30 bits per heavy atom. The van der Waals surface area contributed by atoms with Crippen molar-refractivity contribution in [3.05, 3.63) is 58.9 Å². The van der Waals surface area contributed by atoms with Gasteiger partial charge in [-0.3, -0.25) is 4.79 Å². The molecule has 2 aromatic carbocycles. The van der Waals surface area contributed by atoms with Crippen molar-refractivity contribution in [2.75, 3.05) is 12.1 Å². The van der Waals surface area contributed by atoms with Crippen molar-refractivity contribution in [3.8, 4) is 11.5 Å². The fourth-order valence-electron chi connectivity index (χ4n) is 2.32. The fourth-order valence-corrected chi connectivity index (χ4v) is 2.60. The molecule has 1 aliphatic rings. The van der Waals surface area contributed by atoms with Gasteiger partial charge in [-0.25, -0.2) is 9.18 Å². The lowest BCUT2D eigenvalue weighted by atomic mass is 10.2. The van der Waals surface area contributed by atoms with E-state index in [4.69, 9.17) is 25.8 Å². The average Bonchev–Trinajstić information content (AvgIpc) is 3.09. The Balaban J connectivity index is 1.57. The zero-order valence-electron chi connectivity index (χ0n) is 14.2. The second-order valence-electron chi connectivity index (χ2n) is 5.65. The molecule has 0 fully saturated rings. The summed E-state index contributed by atoms with van der Waals surface area (Å²) < 4.78 is 28.6. The van der Waals surface area contributed by atoms with Crippen LogP contribution in [-0.2, 0) is 14.3 Å². The second-order valence-corrected chi connectivity index (χ2v) is 6.06. The molecule has 1 atom stereocenters. The lowest BCUT2D eigenvalue weighted by Gasteiger charge is -2.12. The third-order valence-corrected chi connectivity index (χ3v) is 3.90. The Morgan fingerprint density at radius 2 is 2.11 bits per heavy atom. The predicted molar refractivity (Wildman–Crippen MR) is 97.2 cm³/mol. The van der Waals surface area contributed by atoms with Gasteiger partial charge in [-0.2, -0.15) is 0 Å². The summed E-state index contributed by atoms with van der Waals surface area (Å²) in [6.45, 7) is 1.50. The summed E-state index contributed by atoms with van der Waals surface area (Å²) >= 11 is 6.07. The van der Waals surface area contributed by atoms with Crippen molar-refractivity contribution >= 4 is 35.2 Å². The molecule has 140 valence electrons. The molecule has 0 bridgehead atoms. The third kappa shape index (κ3) is 4.77. The van der Waals surface area contributed by atoms with E-state index in [2.05, 4.69) is 5.32 Å². The molecule has 1 heterocycles. The van der Waals surface area contributed by atoms with Gasteiger partial charge in [0.25, 0.3) is 5.91 Å². The SMILES string of the molecule is C[C@@H](OC(=O)/C=C/c1cc(Cl)c2c(c1)OCO2)C(=O)Nc1cccc(F)c1. The van der Waals surface area contributed by atoms with E-state index in [0.29, 0.717) is 22.1 Å². The number of carbonyl (C=O) groups is 2. The zero-order chi connectivity index (χ0) is 19.4. The summed E-state index contributed by atoms with van der Waals surface area (Å²) in [5.41, 5.74) is 0.881. The van der Waals surface area contributed by atoms with Crippen molar-refractivity contribution in [2.24, 2.45) is 0 Å². The smallest absolute Gasteiger partial charge is 0.331 e. The quantitative estimate of drug-likeness (QED) is 0.620. The highest BCUT2D eigenvalue weighted by atomic mass is 35.5. The first-order chi connectivity index (χ1) is 12.9. The average molecular weight is 392 g/mol. The van der Waals surface area contributed by atoms with Gasteiger partial charge in [0.1, 0.15) is 5.82 Å². The molecular formula is C19H15ClFNO5. The van der Waals surface area contributed by atoms with Crippen molar-refractivity contribution in [1.29, 1.82) is 0 Å². The molecule has 0 saturated heterocycles. The van der Waals surface area contributed by atoms with Gasteiger partial charge in [-0.15, -0.1) is 0 Å². The molecule has 1 N–H and O–H groups in total. The van der Waals surface area contributed by atoms with Crippen LogP contribution >= 0.6 is 11.6 Å². The Kier molecular flexibility index (Phi) is 5.61. The fraction of sp³-hybridized carbons (Fsp3) is 0.158. The molecule has 27 heavy (non-hydrogen) atoms. The van der Waals surface area contributed by atoms with E-state index >= 15 is 0 Å². The zero-order valence-corrected chi connectivity index (χ0v) is 15.0. The lowest BCUT2D eigenvalue weighted by molar-refractivity contribution is -0.148. The highest BCUT2D eigenvalue weighted by molar-refractivity contribution is 6.32. The highest BCUT2D eigenvalue weighted by Gasteiger charge is 2.19. The predicted octanol–water partition coefficient (Wildman–Crippen LogP) is 3.79. The van der Waals surface area contributed by atoms with Gasteiger partial charge < -0.3 is 19.5 Å². The number of fused-ring (bicyclic) bond motifs is 1. The molecular weight excluding hydrogens is 377 g/mol. The maximum Gasteiger partial charge on any atom is 0.331 e. The molecule has 0 radical (unpaired) electrons. The number of rotatable bonds is 5. The molecule has 0 aromatic heterocycles. The first kappa shape index (κ1) is 18.7. The van der Waals surface area contributed by atoms with Crippen LogP contribution in [0.4, 0.5) is 10.1 Å². The first-order valence-electron chi connectivity index (χ1n) is 7.96. The van der Waals surface area contributed by atoms with Gasteiger partial charge in [-0.05, 0) is 48.9 Å². The van der Waals surface area contributed by atoms with Crippen molar-refractivity contribution < 1.29 is 28.2 Å². The molecule has 1 aliphatic heterocycles. The number of esters is 1. The number of hydrogen-bond acceptors (Lipinski definition) is 5. The largest absolute Gasteiger partial charge is 0.454 e. The number of benzene rings is 2. The number of hydrogen-bond donors (Lipinski definition) is 1. The molecule has 8 heteroatoms. The number of halogens is 2. The summed E-state index contributed by atoms with van der Waals surface area (Å²) in [5.74, 6) is -0.834. The summed E-state index contributed by atoms with van der Waals surface area (Å²) in [5, 5.41) is 2.83. The molecule has 6 nitrogen and oxygen atoms in total. The number of anilines is 1. The molecule has 0 spiro atoms. The molecule has 1 amide bonds. The van der Waals surface area contributed by atoms with Crippen molar-refractivity contribution in [3.63, 3.8) is 0 Å². The van der Waals surface area contributed by atoms with Gasteiger partial charge in [0.2, 0.25) is 6.79 Å². The van der Waals surface area contributed by atoms with Crippen LogP contribution in [0.25, 0.3) is 6.08 Å². The topological polar surface area (TPSA) is 73.9 Å². The number of nitrogens with one attached hydrogen (secondary N) is 1. The normalized spacial score (nSPS) is 13.4. The van der Waals surface area contributed by atoms with Gasteiger partial charge in [0.05, 0.1) is 5.02 Å². The van der Waals surface area contributed by atoms with E-state index in [1.165, 1.54) is 37.3 Å². The van der Waals surface area contributed by atoms with Crippen LogP contribution < -0.4 is 14.8 Å². The number of ether oxygens (including phenoxy) is 3. The summed E-state index contributed by atoms with van der Waals surface area (Å²) in [6.07, 6.45) is 1.58. The summed E-state index contributed by atoms with van der Waals surface area (Å²) in [4.78, 5) is 23.9. The molecule has 2 aromatic rings. The lowest BCUT2D eigenvalue weighted by Crippen LogP contribution is -2.29. The van der Waals surface area contributed by atoms with E-state index in [-0.39, 0.29) is 12.5 Å². The summed E-state index contributed by atoms with van der Waals surface area (Å²) in [6, 6.07) is 8.68. The third-order valence-electron chi connectivity index (χ3n) is 3.62. The Morgan fingerprint density at radius 3 is 2.89 bits per heavy atom. The Bertz CT molecular complexity index is 915. The van der Waals surface area contributed by atoms with Gasteiger partial charge in [-0.1, -0.05) is 17.7 Å². The van der Waals surface area contributed by atoms with Gasteiger partial charge in [0, 0.05) is 11.8 Å². The Labute approximate surface area is 159 Å². The van der Waals surface area contributed by atoms with Crippen LogP contribution in [-0.4, -0.2) is 24.8 Å². The van der Waals surface area contributed by atoms with Crippen molar-refractivity contribution in [1.82, 2.24) is 0 Å². The molecule has 0 saturated carbocycles. The van der Waals surface area contributed by atoms with Crippen LogP contribution in [0, 0.1) is 5.82 Å². The Hall–Kier alpha value is -3.06. The van der Waals surface area contributed by atoms with Gasteiger partial charge >= 0.3 is 5.97 Å². The first-order valence-corrected chi connectivity index (χ1v) is 8.34. The standard InChI is InChI=1S/C19H15ClFNO5/c1-11(19(24)22-14-4-2-3-13(21)9-14)27-17(23)6-5-12-7-15(20)18-16(8-12)25-10-26-18/h2-9,11H,10H2,1H3,(H,22,24)/b6-5+/t11-/m1/s1. The van der Waals surface area contributed by atoms with E-state index in [0.717, 1.165) is 6.07 Å². The minimum Gasteiger partial charge on any atom is -0.454 e. The minimum absolute atomic E-state index is 0.0855. The van der Waals surface area contributed by atoms with Crippen molar-refractivity contribution in [2.45, 2.75) is 13.0 Å². The van der Waals surface area contributed by atoms with Gasteiger partial charge in [0.15, 0.2) is 17.6 Å². The van der Waals surface area contributed by atoms with E-state index < -0.39 is 23.8 Å².